The highest BCUT2D eigenvalue weighted by atomic mass is 32.2. The second kappa shape index (κ2) is 8.74. The molecule has 2 aromatic rings. The van der Waals surface area contributed by atoms with Crippen molar-refractivity contribution in [2.75, 3.05) is 12.4 Å². The van der Waals surface area contributed by atoms with E-state index in [1.165, 1.54) is 18.7 Å². The maximum Gasteiger partial charge on any atom is 0.352 e. The summed E-state index contributed by atoms with van der Waals surface area (Å²) in [6, 6.07) is 8.51. The Labute approximate surface area is 193 Å². The molecule has 2 aliphatic rings. The maximum atomic E-state index is 13.1. The number of benzene rings is 1. The molecule has 2 N–H and O–H groups in total. The van der Waals surface area contributed by atoms with E-state index in [0.717, 1.165) is 10.6 Å². The number of hydrogen-bond donors (Lipinski definition) is 2. The molecule has 4 rings (SSSR count). The lowest BCUT2D eigenvalue weighted by Gasteiger charge is -2.49. The van der Waals surface area contributed by atoms with E-state index >= 15 is 0 Å². The standard InChI is InChI=1S/C22H22N4O6S/c1-11-16(12(2)26(24-11)15-7-5-4-6-8-15)19(28)23-17-20(29)25-18(22(30)31)14(9-32-13(3)27)10-33-21(17)25/h4-8,17,21H,9-10H2,1-3H3,(H,23,28)(H,30,31)/t17-,21+/m0/s1. The highest BCUT2D eigenvalue weighted by Crippen LogP contribution is 2.40. The van der Waals surface area contributed by atoms with E-state index in [0.29, 0.717) is 22.5 Å². The van der Waals surface area contributed by atoms with Crippen LogP contribution in [0.3, 0.4) is 0 Å². The molecule has 1 saturated heterocycles. The van der Waals surface area contributed by atoms with E-state index in [4.69, 9.17) is 4.74 Å². The average molecular weight is 471 g/mol. The molecule has 2 aliphatic heterocycles. The normalized spacial score (nSPS) is 19.6. The number of amides is 2. The maximum absolute atomic E-state index is 13.1. The number of fused-ring (bicyclic) bond motifs is 1. The van der Waals surface area contributed by atoms with Gasteiger partial charge in [-0.1, -0.05) is 18.2 Å². The molecule has 0 bridgehead atoms. The average Bonchev–Trinajstić information content (AvgIpc) is 3.09. The van der Waals surface area contributed by atoms with Crippen LogP contribution in [0.1, 0.15) is 28.7 Å². The summed E-state index contributed by atoms with van der Waals surface area (Å²) in [6.45, 7) is 4.52. The number of nitrogens with one attached hydrogen (secondary N) is 1. The molecule has 2 amide bonds. The second-order valence-electron chi connectivity index (χ2n) is 7.69. The Morgan fingerprint density at radius 3 is 2.58 bits per heavy atom. The number of esters is 1. The van der Waals surface area contributed by atoms with Crippen molar-refractivity contribution in [1.29, 1.82) is 0 Å². The van der Waals surface area contributed by atoms with Gasteiger partial charge in [0, 0.05) is 18.2 Å². The van der Waals surface area contributed by atoms with Crippen molar-refractivity contribution in [3.05, 3.63) is 58.6 Å². The van der Waals surface area contributed by atoms with E-state index in [2.05, 4.69) is 10.4 Å². The summed E-state index contributed by atoms with van der Waals surface area (Å²) in [6.07, 6.45) is 0. The number of thioether (sulfide) groups is 1. The lowest BCUT2D eigenvalue weighted by molar-refractivity contribution is -0.149. The Balaban J connectivity index is 1.54. The molecule has 1 aromatic heterocycles. The molecule has 33 heavy (non-hydrogen) atoms. The van der Waals surface area contributed by atoms with Crippen LogP contribution in [0.4, 0.5) is 0 Å². The first-order chi connectivity index (χ1) is 15.7. The van der Waals surface area contributed by atoms with Crippen LogP contribution >= 0.6 is 11.8 Å². The first kappa shape index (κ1) is 22.6. The number of rotatable bonds is 6. The van der Waals surface area contributed by atoms with Gasteiger partial charge < -0.3 is 15.2 Å². The number of carbonyl (C=O) groups excluding carboxylic acids is 3. The van der Waals surface area contributed by atoms with Crippen molar-refractivity contribution >= 4 is 35.5 Å². The van der Waals surface area contributed by atoms with E-state index in [-0.39, 0.29) is 18.1 Å². The summed E-state index contributed by atoms with van der Waals surface area (Å²) in [5.41, 5.74) is 2.47. The molecular formula is C22H22N4O6S. The molecule has 0 aliphatic carbocycles. The number of nitrogens with zero attached hydrogens (tertiary/aromatic N) is 3. The van der Waals surface area contributed by atoms with Gasteiger partial charge in [-0.3, -0.25) is 19.3 Å². The van der Waals surface area contributed by atoms with Crippen LogP contribution < -0.4 is 5.32 Å². The number of ether oxygens (including phenoxy) is 1. The Morgan fingerprint density at radius 1 is 1.24 bits per heavy atom. The number of carbonyl (C=O) groups is 4. The second-order valence-corrected chi connectivity index (χ2v) is 8.80. The quantitative estimate of drug-likeness (QED) is 0.479. The van der Waals surface area contributed by atoms with Crippen molar-refractivity contribution in [1.82, 2.24) is 20.0 Å². The fourth-order valence-electron chi connectivity index (χ4n) is 3.99. The van der Waals surface area contributed by atoms with Crippen LogP contribution in [0.5, 0.6) is 0 Å². The van der Waals surface area contributed by atoms with Gasteiger partial charge in [0.1, 0.15) is 23.7 Å². The van der Waals surface area contributed by atoms with Gasteiger partial charge in [0.05, 0.1) is 22.6 Å². The minimum atomic E-state index is -1.28. The van der Waals surface area contributed by atoms with E-state index in [9.17, 15) is 24.3 Å². The molecule has 0 radical (unpaired) electrons. The third-order valence-electron chi connectivity index (χ3n) is 5.51. The highest BCUT2D eigenvalue weighted by Gasteiger charge is 2.54. The fraction of sp³-hybridized carbons (Fsp3) is 0.318. The SMILES string of the molecule is CC(=O)OCC1=C(C(=O)O)N2C(=O)[C@H](NC(=O)c3c(C)nn(-c4ccccc4)c3C)[C@H]2SC1. The Bertz CT molecular complexity index is 1190. The number of aryl methyl sites for hydroxylation is 1. The van der Waals surface area contributed by atoms with Crippen LogP contribution in [0, 0.1) is 13.8 Å². The molecule has 1 fully saturated rings. The van der Waals surface area contributed by atoms with Gasteiger partial charge in [0.25, 0.3) is 11.8 Å². The summed E-state index contributed by atoms with van der Waals surface area (Å²) >= 11 is 1.31. The molecule has 2 atom stereocenters. The lowest BCUT2D eigenvalue weighted by Crippen LogP contribution is -2.70. The number of carboxylic acid groups (broad SMARTS) is 1. The van der Waals surface area contributed by atoms with Crippen molar-refractivity contribution in [3.63, 3.8) is 0 Å². The zero-order valence-electron chi connectivity index (χ0n) is 18.2. The molecular weight excluding hydrogens is 448 g/mol. The first-order valence-electron chi connectivity index (χ1n) is 10.2. The minimum absolute atomic E-state index is 0.195. The number of carboxylic acids is 1. The van der Waals surface area contributed by atoms with Crippen LogP contribution in [-0.4, -0.2) is 67.3 Å². The minimum Gasteiger partial charge on any atom is -0.477 e. The first-order valence-corrected chi connectivity index (χ1v) is 11.2. The monoisotopic (exact) mass is 470 g/mol. The number of hydrogen-bond acceptors (Lipinski definition) is 7. The predicted octanol–water partition coefficient (Wildman–Crippen LogP) is 1.40. The third-order valence-corrected chi connectivity index (χ3v) is 6.84. The van der Waals surface area contributed by atoms with Crippen LogP contribution in [0.2, 0.25) is 0 Å². The van der Waals surface area contributed by atoms with Crippen LogP contribution in [-0.2, 0) is 19.1 Å². The molecule has 11 heteroatoms. The molecule has 0 spiro atoms. The van der Waals surface area contributed by atoms with Gasteiger partial charge in [-0.25, -0.2) is 9.48 Å². The predicted molar refractivity (Wildman–Crippen MR) is 119 cm³/mol. The molecule has 1 aromatic carbocycles. The summed E-state index contributed by atoms with van der Waals surface area (Å²) in [4.78, 5) is 50.0. The van der Waals surface area contributed by atoms with Gasteiger partial charge in [0.2, 0.25) is 0 Å². The summed E-state index contributed by atoms with van der Waals surface area (Å²) in [7, 11) is 0. The fourth-order valence-corrected chi connectivity index (χ4v) is 5.32. The zero-order chi connectivity index (χ0) is 23.9. The summed E-state index contributed by atoms with van der Waals surface area (Å²) < 4.78 is 6.60. The van der Waals surface area contributed by atoms with E-state index in [1.54, 1.807) is 18.5 Å². The Hall–Kier alpha value is -3.60. The largest absolute Gasteiger partial charge is 0.477 e. The molecule has 0 saturated carbocycles. The summed E-state index contributed by atoms with van der Waals surface area (Å²) in [5.74, 6) is -2.53. The number of β-lactam (4-membered cyclic amide) rings is 1. The molecule has 3 heterocycles. The molecule has 172 valence electrons. The smallest absolute Gasteiger partial charge is 0.352 e. The van der Waals surface area contributed by atoms with E-state index in [1.807, 2.05) is 30.3 Å². The van der Waals surface area contributed by atoms with Gasteiger partial charge in [-0.2, -0.15) is 5.10 Å². The highest BCUT2D eigenvalue weighted by molar-refractivity contribution is 8.00. The van der Waals surface area contributed by atoms with Crippen molar-refractivity contribution < 1.29 is 29.0 Å². The van der Waals surface area contributed by atoms with Gasteiger partial charge >= 0.3 is 11.9 Å². The van der Waals surface area contributed by atoms with Crippen LogP contribution in [0.25, 0.3) is 5.69 Å². The topological polar surface area (TPSA) is 131 Å². The Kier molecular flexibility index (Phi) is 5.98. The van der Waals surface area contributed by atoms with Gasteiger partial charge in [-0.15, -0.1) is 11.8 Å². The third kappa shape index (κ3) is 3.99. The van der Waals surface area contributed by atoms with Gasteiger partial charge in [0.15, 0.2) is 0 Å². The zero-order valence-corrected chi connectivity index (χ0v) is 19.0. The number of aliphatic carboxylic acids is 1. The van der Waals surface area contributed by atoms with E-state index < -0.39 is 35.2 Å². The van der Waals surface area contributed by atoms with Crippen molar-refractivity contribution in [3.8, 4) is 5.69 Å². The molecule has 0 unspecified atom stereocenters. The van der Waals surface area contributed by atoms with Gasteiger partial charge in [-0.05, 0) is 26.0 Å². The number of aromatic nitrogens is 2. The van der Waals surface area contributed by atoms with Crippen molar-refractivity contribution in [2.24, 2.45) is 0 Å². The summed E-state index contributed by atoms with van der Waals surface area (Å²) in [5, 5.41) is 16.3. The lowest BCUT2D eigenvalue weighted by atomic mass is 10.0. The number of para-hydroxylation sites is 1. The van der Waals surface area contributed by atoms with Crippen LogP contribution in [0.15, 0.2) is 41.6 Å². The molecule has 10 nitrogen and oxygen atoms in total. The Morgan fingerprint density at radius 2 is 1.94 bits per heavy atom. The van der Waals surface area contributed by atoms with Crippen molar-refractivity contribution in [2.45, 2.75) is 32.2 Å².